The molecular formula is C15H26N4. The average Bonchev–Trinajstić information content (AvgIpc) is 2.46. The number of piperazine rings is 1. The Morgan fingerprint density at radius 1 is 1.00 bits per heavy atom. The predicted molar refractivity (Wildman–Crippen MR) is 78.9 cm³/mol. The van der Waals surface area contributed by atoms with Gasteiger partial charge in [-0.15, -0.1) is 0 Å². The summed E-state index contributed by atoms with van der Waals surface area (Å²) in [6.07, 6.45) is 5.60. The molecule has 4 heteroatoms. The molecule has 19 heavy (non-hydrogen) atoms. The molecule has 2 rings (SSSR count). The van der Waals surface area contributed by atoms with E-state index in [1.165, 1.54) is 44.6 Å². The summed E-state index contributed by atoms with van der Waals surface area (Å²) in [5.41, 5.74) is 6.69. The zero-order valence-electron chi connectivity index (χ0n) is 11.8. The van der Waals surface area contributed by atoms with Crippen LogP contribution in [0.15, 0.2) is 24.4 Å². The first kappa shape index (κ1) is 14.4. The number of nitrogens with two attached hydrogens (primary N) is 1. The van der Waals surface area contributed by atoms with Gasteiger partial charge in [-0.2, -0.15) is 0 Å². The van der Waals surface area contributed by atoms with Crippen molar-refractivity contribution in [2.45, 2.75) is 25.8 Å². The summed E-state index contributed by atoms with van der Waals surface area (Å²) in [6, 6.07) is 6.15. The molecule has 0 amide bonds. The molecule has 0 unspecified atom stereocenters. The summed E-state index contributed by atoms with van der Waals surface area (Å²) in [4.78, 5) is 9.47. The summed E-state index contributed by atoms with van der Waals surface area (Å²) in [5.74, 6) is 0. The van der Waals surface area contributed by atoms with E-state index in [-0.39, 0.29) is 0 Å². The lowest BCUT2D eigenvalue weighted by molar-refractivity contribution is 0.124. The highest BCUT2D eigenvalue weighted by Crippen LogP contribution is 2.07. The number of rotatable bonds is 7. The Morgan fingerprint density at radius 3 is 2.47 bits per heavy atom. The van der Waals surface area contributed by atoms with E-state index in [9.17, 15) is 0 Å². The molecule has 1 aromatic heterocycles. The van der Waals surface area contributed by atoms with E-state index < -0.39 is 0 Å². The van der Waals surface area contributed by atoms with Gasteiger partial charge in [-0.05, 0) is 38.1 Å². The van der Waals surface area contributed by atoms with Gasteiger partial charge in [0.1, 0.15) is 0 Å². The van der Waals surface area contributed by atoms with E-state index in [1.54, 1.807) is 0 Å². The largest absolute Gasteiger partial charge is 0.330 e. The first-order valence-corrected chi connectivity index (χ1v) is 7.43. The highest BCUT2D eigenvalue weighted by atomic mass is 15.3. The van der Waals surface area contributed by atoms with Crippen molar-refractivity contribution in [3.8, 4) is 0 Å². The van der Waals surface area contributed by atoms with E-state index in [0.29, 0.717) is 0 Å². The minimum absolute atomic E-state index is 0.831. The summed E-state index contributed by atoms with van der Waals surface area (Å²) in [5, 5.41) is 0. The number of hydrogen-bond acceptors (Lipinski definition) is 4. The topological polar surface area (TPSA) is 45.4 Å². The Kier molecular flexibility index (Phi) is 6.27. The van der Waals surface area contributed by atoms with Gasteiger partial charge in [-0.3, -0.25) is 9.88 Å². The van der Waals surface area contributed by atoms with E-state index in [2.05, 4.69) is 26.9 Å². The molecule has 0 bridgehead atoms. The molecule has 0 saturated carbocycles. The molecule has 0 radical (unpaired) electrons. The van der Waals surface area contributed by atoms with Gasteiger partial charge in [-0.1, -0.05) is 12.5 Å². The highest BCUT2D eigenvalue weighted by Gasteiger charge is 2.16. The van der Waals surface area contributed by atoms with Crippen molar-refractivity contribution < 1.29 is 0 Å². The number of pyridine rings is 1. The number of nitrogens with zero attached hydrogens (tertiary/aromatic N) is 3. The minimum atomic E-state index is 0.831. The summed E-state index contributed by atoms with van der Waals surface area (Å²) < 4.78 is 0. The highest BCUT2D eigenvalue weighted by molar-refractivity contribution is 5.03. The van der Waals surface area contributed by atoms with Crippen LogP contribution in [-0.2, 0) is 6.54 Å². The standard InChI is InChI=1S/C15H26N4/c16-7-3-1-5-9-18-10-12-19(13-11-18)14-15-6-2-4-8-17-15/h2,4,6,8H,1,3,5,7,9-14,16H2. The number of unbranched alkanes of at least 4 members (excludes halogenated alkanes) is 2. The molecule has 2 N–H and O–H groups in total. The van der Waals surface area contributed by atoms with Crippen LogP contribution in [0.5, 0.6) is 0 Å². The molecule has 1 aliphatic heterocycles. The molecule has 1 fully saturated rings. The molecule has 0 atom stereocenters. The minimum Gasteiger partial charge on any atom is -0.330 e. The summed E-state index contributed by atoms with van der Waals surface area (Å²) in [7, 11) is 0. The van der Waals surface area contributed by atoms with Crippen molar-refractivity contribution in [2.24, 2.45) is 5.73 Å². The average molecular weight is 262 g/mol. The zero-order chi connectivity index (χ0) is 13.3. The van der Waals surface area contributed by atoms with Crippen LogP contribution >= 0.6 is 0 Å². The van der Waals surface area contributed by atoms with Crippen LogP contribution in [0.2, 0.25) is 0 Å². The lowest BCUT2D eigenvalue weighted by Gasteiger charge is -2.34. The fourth-order valence-electron chi connectivity index (χ4n) is 2.55. The van der Waals surface area contributed by atoms with Crippen LogP contribution < -0.4 is 5.73 Å². The van der Waals surface area contributed by atoms with Crippen molar-refractivity contribution >= 4 is 0 Å². The second kappa shape index (κ2) is 8.25. The maximum Gasteiger partial charge on any atom is 0.0543 e. The van der Waals surface area contributed by atoms with Gasteiger partial charge in [0.15, 0.2) is 0 Å². The van der Waals surface area contributed by atoms with E-state index in [1.807, 2.05) is 12.3 Å². The molecule has 0 spiro atoms. The molecule has 0 aromatic carbocycles. The molecular weight excluding hydrogens is 236 g/mol. The smallest absolute Gasteiger partial charge is 0.0543 e. The summed E-state index contributed by atoms with van der Waals surface area (Å²) in [6.45, 7) is 7.75. The fourth-order valence-corrected chi connectivity index (χ4v) is 2.55. The lowest BCUT2D eigenvalue weighted by Crippen LogP contribution is -2.46. The molecule has 1 aliphatic rings. The molecule has 0 aliphatic carbocycles. The van der Waals surface area contributed by atoms with Crippen LogP contribution in [0.1, 0.15) is 25.0 Å². The van der Waals surface area contributed by atoms with Crippen LogP contribution in [0.3, 0.4) is 0 Å². The maximum absolute atomic E-state index is 5.51. The zero-order valence-corrected chi connectivity index (χ0v) is 11.8. The Balaban J connectivity index is 1.62. The van der Waals surface area contributed by atoms with Gasteiger partial charge < -0.3 is 10.6 Å². The second-order valence-corrected chi connectivity index (χ2v) is 5.29. The second-order valence-electron chi connectivity index (χ2n) is 5.29. The van der Waals surface area contributed by atoms with Crippen molar-refractivity contribution in [3.63, 3.8) is 0 Å². The molecule has 2 heterocycles. The maximum atomic E-state index is 5.51. The third kappa shape index (κ3) is 5.27. The van der Waals surface area contributed by atoms with Gasteiger partial charge in [0, 0.05) is 38.9 Å². The Morgan fingerprint density at radius 2 is 1.79 bits per heavy atom. The quantitative estimate of drug-likeness (QED) is 0.753. The van der Waals surface area contributed by atoms with Gasteiger partial charge in [0.05, 0.1) is 5.69 Å². The van der Waals surface area contributed by atoms with Crippen LogP contribution in [0.25, 0.3) is 0 Å². The van der Waals surface area contributed by atoms with Crippen molar-refractivity contribution in [1.29, 1.82) is 0 Å². The van der Waals surface area contributed by atoms with E-state index >= 15 is 0 Å². The van der Waals surface area contributed by atoms with Crippen LogP contribution in [0, 0.1) is 0 Å². The third-order valence-corrected chi connectivity index (χ3v) is 3.76. The van der Waals surface area contributed by atoms with E-state index in [4.69, 9.17) is 5.73 Å². The molecule has 106 valence electrons. The van der Waals surface area contributed by atoms with Gasteiger partial charge in [0.2, 0.25) is 0 Å². The van der Waals surface area contributed by atoms with Crippen molar-refractivity contribution in [3.05, 3.63) is 30.1 Å². The fraction of sp³-hybridized carbons (Fsp3) is 0.667. The first-order valence-electron chi connectivity index (χ1n) is 7.43. The van der Waals surface area contributed by atoms with Crippen LogP contribution in [0.4, 0.5) is 0 Å². The lowest BCUT2D eigenvalue weighted by atomic mass is 10.2. The predicted octanol–water partition coefficient (Wildman–Crippen LogP) is 1.33. The molecule has 1 saturated heterocycles. The third-order valence-electron chi connectivity index (χ3n) is 3.76. The summed E-state index contributed by atoms with van der Waals surface area (Å²) >= 11 is 0. The first-order chi connectivity index (χ1) is 9.38. The van der Waals surface area contributed by atoms with Gasteiger partial charge in [-0.25, -0.2) is 0 Å². The van der Waals surface area contributed by atoms with Crippen molar-refractivity contribution in [1.82, 2.24) is 14.8 Å². The molecule has 4 nitrogen and oxygen atoms in total. The Hall–Kier alpha value is -0.970. The Labute approximate surface area is 116 Å². The van der Waals surface area contributed by atoms with Crippen molar-refractivity contribution in [2.75, 3.05) is 39.3 Å². The number of hydrogen-bond donors (Lipinski definition) is 1. The SMILES string of the molecule is NCCCCCN1CCN(Cc2ccccn2)CC1. The van der Waals surface area contributed by atoms with Gasteiger partial charge >= 0.3 is 0 Å². The monoisotopic (exact) mass is 262 g/mol. The molecule has 1 aromatic rings. The normalized spacial score (nSPS) is 17.7. The van der Waals surface area contributed by atoms with Crippen LogP contribution in [-0.4, -0.2) is 54.1 Å². The number of aromatic nitrogens is 1. The van der Waals surface area contributed by atoms with Gasteiger partial charge in [0.25, 0.3) is 0 Å². The Bertz CT molecular complexity index is 333. The van der Waals surface area contributed by atoms with E-state index in [0.717, 1.165) is 26.2 Å².